The van der Waals surface area contributed by atoms with E-state index in [1.54, 1.807) is 0 Å². The molecule has 0 aromatic carbocycles. The Hall–Kier alpha value is -1.89. The average Bonchev–Trinajstić information content (AvgIpc) is 2.57. The van der Waals surface area contributed by atoms with Crippen molar-refractivity contribution in [2.75, 3.05) is 7.09 Å². The molecule has 148 valence electrons. The maximum atomic E-state index is 12.2. The molecule has 11 nitrogen and oxygen atoms in total. The van der Waals surface area contributed by atoms with Crippen molar-refractivity contribution in [2.45, 2.75) is 56.9 Å². The third kappa shape index (κ3) is 3.24. The third-order valence-electron chi connectivity index (χ3n) is 4.05. The standard InChI is InChI=1S/C15H22O11/c1-6(16)10(20)12(22)14(24,9(4)19)15(25,26-5)13(23,8(3)18)11(21)7(2)17/h10,12,20,22-25H,1-5H3/t10?,12-,13+,14-,15+/m1/s1/i5D. The number of ketones is 5. The van der Waals surface area contributed by atoms with Gasteiger partial charge in [-0.15, -0.1) is 0 Å². The van der Waals surface area contributed by atoms with Gasteiger partial charge in [-0.25, -0.2) is 0 Å². The summed E-state index contributed by atoms with van der Waals surface area (Å²) in [5, 5.41) is 51.9. The van der Waals surface area contributed by atoms with Crippen molar-refractivity contribution >= 4 is 28.9 Å². The van der Waals surface area contributed by atoms with Gasteiger partial charge in [0.25, 0.3) is 0 Å². The Morgan fingerprint density at radius 3 is 1.65 bits per heavy atom. The Labute approximate surface area is 149 Å². The van der Waals surface area contributed by atoms with Gasteiger partial charge >= 0.3 is 0 Å². The minimum Gasteiger partial charge on any atom is -0.386 e. The first kappa shape index (κ1) is 22.2. The minimum absolute atomic E-state index is 0.494. The summed E-state index contributed by atoms with van der Waals surface area (Å²) in [6.07, 6.45) is -5.46. The van der Waals surface area contributed by atoms with Gasteiger partial charge in [0.2, 0.25) is 22.8 Å². The SMILES string of the molecule is [2H]CO[C@@](O)([C@](O)(C(C)=O)C(=O)C(C)=O)[C@@](O)(C(C)=O)[C@H](O)C(O)C(C)=O. The van der Waals surface area contributed by atoms with E-state index in [2.05, 4.69) is 4.74 Å². The topological polar surface area (TPSA) is 196 Å². The Morgan fingerprint density at radius 2 is 1.38 bits per heavy atom. The van der Waals surface area contributed by atoms with E-state index < -0.39 is 65.2 Å². The number of ether oxygens (including phenoxy) is 1. The molecule has 5 N–H and O–H groups in total. The highest BCUT2D eigenvalue weighted by molar-refractivity contribution is 6.44. The normalized spacial score (nSPS) is 21.2. The van der Waals surface area contributed by atoms with Crippen molar-refractivity contribution in [3.63, 3.8) is 0 Å². The number of aliphatic hydroxyl groups is 5. The molecule has 26 heavy (non-hydrogen) atoms. The lowest BCUT2D eigenvalue weighted by Gasteiger charge is -2.49. The van der Waals surface area contributed by atoms with E-state index in [0.717, 1.165) is 6.92 Å². The predicted octanol–water partition coefficient (Wildman–Crippen LogP) is -3.57. The van der Waals surface area contributed by atoms with Crippen molar-refractivity contribution in [3.8, 4) is 0 Å². The smallest absolute Gasteiger partial charge is 0.250 e. The van der Waals surface area contributed by atoms with Crippen molar-refractivity contribution in [1.82, 2.24) is 0 Å². The number of methoxy groups -OCH3 is 1. The number of hydrogen-bond donors (Lipinski definition) is 5. The Balaban J connectivity index is 7.10. The molecule has 0 aliphatic carbocycles. The molecule has 0 spiro atoms. The zero-order valence-corrected chi connectivity index (χ0v) is 14.5. The Bertz CT molecular complexity index is 662. The van der Waals surface area contributed by atoms with Crippen LogP contribution in [0.4, 0.5) is 0 Å². The summed E-state index contributed by atoms with van der Waals surface area (Å²) in [7, 11) is -1.39. The molecule has 5 atom stereocenters. The monoisotopic (exact) mass is 379 g/mol. The van der Waals surface area contributed by atoms with Crippen LogP contribution in [0.25, 0.3) is 0 Å². The van der Waals surface area contributed by atoms with E-state index in [9.17, 15) is 49.5 Å². The molecule has 0 fully saturated rings. The second-order valence-electron chi connectivity index (χ2n) is 5.76. The van der Waals surface area contributed by atoms with Crippen LogP contribution in [-0.4, -0.2) is 90.7 Å². The predicted molar refractivity (Wildman–Crippen MR) is 81.6 cm³/mol. The second-order valence-corrected chi connectivity index (χ2v) is 5.76. The van der Waals surface area contributed by atoms with Crippen LogP contribution in [-0.2, 0) is 28.7 Å². The number of carbonyl (C=O) groups is 5. The first-order valence-electron chi connectivity index (χ1n) is 7.82. The van der Waals surface area contributed by atoms with Crippen LogP contribution in [0.2, 0.25) is 0 Å². The van der Waals surface area contributed by atoms with E-state index in [-0.39, 0.29) is 0 Å². The quantitative estimate of drug-likeness (QED) is 0.143. The van der Waals surface area contributed by atoms with E-state index in [1.165, 1.54) is 0 Å². The largest absolute Gasteiger partial charge is 0.386 e. The van der Waals surface area contributed by atoms with E-state index in [0.29, 0.717) is 20.8 Å². The molecule has 0 amide bonds. The van der Waals surface area contributed by atoms with Crippen LogP contribution in [0.15, 0.2) is 0 Å². The van der Waals surface area contributed by atoms with Crippen molar-refractivity contribution in [1.29, 1.82) is 0 Å². The first-order valence-corrected chi connectivity index (χ1v) is 7.11. The molecule has 0 aromatic heterocycles. The molecule has 0 aliphatic heterocycles. The number of rotatable bonds is 10. The summed E-state index contributed by atoms with van der Waals surface area (Å²) >= 11 is 0. The lowest BCUT2D eigenvalue weighted by Crippen LogP contribution is -2.81. The van der Waals surface area contributed by atoms with Gasteiger partial charge in [0, 0.05) is 14.0 Å². The molecule has 0 aliphatic rings. The molecule has 0 saturated heterocycles. The van der Waals surface area contributed by atoms with Crippen LogP contribution in [0.5, 0.6) is 0 Å². The minimum atomic E-state index is -4.11. The number of carbonyl (C=O) groups excluding carboxylic acids is 5. The van der Waals surface area contributed by atoms with Gasteiger partial charge in [0.15, 0.2) is 23.1 Å². The summed E-state index contributed by atoms with van der Waals surface area (Å²) in [5.41, 5.74) is -7.84. The maximum Gasteiger partial charge on any atom is 0.250 e. The fraction of sp³-hybridized carbons (Fsp3) is 0.667. The molecule has 0 aromatic rings. The molecule has 1 unspecified atom stereocenters. The van der Waals surface area contributed by atoms with E-state index >= 15 is 0 Å². The highest BCUT2D eigenvalue weighted by Gasteiger charge is 2.74. The van der Waals surface area contributed by atoms with Gasteiger partial charge in [0.05, 0.1) is 1.37 Å². The Kier molecular flexibility index (Phi) is 6.63. The molecule has 0 heterocycles. The molecular weight excluding hydrogens is 356 g/mol. The number of Topliss-reactive ketones (excluding diaryl/α,β-unsaturated/α-hetero) is 5. The summed E-state index contributed by atoms with van der Waals surface area (Å²) in [6, 6.07) is 0. The van der Waals surface area contributed by atoms with Crippen LogP contribution in [0, 0.1) is 0 Å². The second kappa shape index (κ2) is 7.78. The van der Waals surface area contributed by atoms with Gasteiger partial charge in [-0.05, 0) is 20.8 Å². The van der Waals surface area contributed by atoms with Crippen molar-refractivity contribution in [3.05, 3.63) is 0 Å². The van der Waals surface area contributed by atoms with Crippen LogP contribution in [0.3, 0.4) is 0 Å². The first-order chi connectivity index (χ1) is 12.1. The van der Waals surface area contributed by atoms with Crippen LogP contribution < -0.4 is 0 Å². The lowest BCUT2D eigenvalue weighted by molar-refractivity contribution is -0.348. The van der Waals surface area contributed by atoms with Gasteiger partial charge in [-0.2, -0.15) is 0 Å². The molecule has 0 radical (unpaired) electrons. The summed E-state index contributed by atoms with van der Waals surface area (Å²) < 4.78 is 11.5. The van der Waals surface area contributed by atoms with Crippen LogP contribution in [0.1, 0.15) is 29.1 Å². The molecular formula is C15H22O11. The van der Waals surface area contributed by atoms with Gasteiger partial charge in [-0.1, -0.05) is 0 Å². The van der Waals surface area contributed by atoms with Gasteiger partial charge < -0.3 is 30.3 Å². The lowest BCUT2D eigenvalue weighted by atomic mass is 9.69. The maximum absolute atomic E-state index is 12.2. The molecule has 0 saturated carbocycles. The fourth-order valence-electron chi connectivity index (χ4n) is 2.40. The van der Waals surface area contributed by atoms with Crippen LogP contribution >= 0.6 is 0 Å². The van der Waals surface area contributed by atoms with Gasteiger partial charge in [-0.3, -0.25) is 24.0 Å². The zero-order valence-electron chi connectivity index (χ0n) is 15.5. The highest BCUT2D eigenvalue weighted by Crippen LogP contribution is 2.40. The summed E-state index contributed by atoms with van der Waals surface area (Å²) in [4.78, 5) is 59.0. The molecule has 0 bridgehead atoms. The van der Waals surface area contributed by atoms with E-state index in [1.807, 2.05) is 0 Å². The average molecular weight is 379 g/mol. The summed E-state index contributed by atoms with van der Waals surface area (Å²) in [5.74, 6) is -12.2. The fourth-order valence-corrected chi connectivity index (χ4v) is 2.40. The summed E-state index contributed by atoms with van der Waals surface area (Å²) in [6.45, 7) is 2.32. The Morgan fingerprint density at radius 1 is 0.923 bits per heavy atom. The number of hydrogen-bond acceptors (Lipinski definition) is 11. The number of aliphatic hydroxyl groups excluding tert-OH is 2. The van der Waals surface area contributed by atoms with Crippen molar-refractivity contribution in [2.24, 2.45) is 0 Å². The van der Waals surface area contributed by atoms with Gasteiger partial charge in [0.1, 0.15) is 12.2 Å². The van der Waals surface area contributed by atoms with Crippen molar-refractivity contribution < 1.29 is 55.6 Å². The highest BCUT2D eigenvalue weighted by atomic mass is 16.7. The zero-order chi connectivity index (χ0) is 22.0. The van der Waals surface area contributed by atoms with E-state index in [4.69, 9.17) is 1.37 Å². The third-order valence-corrected chi connectivity index (χ3v) is 4.05. The molecule has 11 heteroatoms. The molecule has 0 rings (SSSR count).